The number of piperidine rings is 1. The first-order valence-corrected chi connectivity index (χ1v) is 7.34. The number of carbonyl (C=O) groups excluding carboxylic acids is 1. The molecule has 18 heavy (non-hydrogen) atoms. The minimum atomic E-state index is -0.0516. The summed E-state index contributed by atoms with van der Waals surface area (Å²) in [7, 11) is 0. The van der Waals surface area contributed by atoms with Crippen molar-refractivity contribution in [2.75, 3.05) is 23.7 Å². The van der Waals surface area contributed by atoms with Gasteiger partial charge in [0.05, 0.1) is 0 Å². The number of amides is 1. The molecule has 0 atom stereocenters. The van der Waals surface area contributed by atoms with Gasteiger partial charge in [-0.15, -0.1) is 0 Å². The Balaban J connectivity index is 1.82. The second-order valence-corrected chi connectivity index (χ2v) is 5.80. The van der Waals surface area contributed by atoms with E-state index in [9.17, 15) is 4.79 Å². The Kier molecular flexibility index (Phi) is 3.11. The van der Waals surface area contributed by atoms with Crippen molar-refractivity contribution in [2.24, 2.45) is 0 Å². The molecule has 1 amide bonds. The molecule has 2 heterocycles. The van der Waals surface area contributed by atoms with Gasteiger partial charge in [0.15, 0.2) is 5.82 Å². The fourth-order valence-electron chi connectivity index (χ4n) is 2.30. The third kappa shape index (κ3) is 2.29. The van der Waals surface area contributed by atoms with Crippen molar-refractivity contribution in [2.45, 2.75) is 38.1 Å². The lowest BCUT2D eigenvalue weighted by Gasteiger charge is -2.27. The third-order valence-corrected chi connectivity index (χ3v) is 4.41. The smallest absolute Gasteiger partial charge is 0.258 e. The van der Waals surface area contributed by atoms with E-state index in [0.717, 1.165) is 30.9 Å². The summed E-state index contributed by atoms with van der Waals surface area (Å²) >= 11 is 1.35. The molecule has 1 saturated heterocycles. The number of carbonyl (C=O) groups is 1. The molecule has 1 aromatic rings. The van der Waals surface area contributed by atoms with E-state index in [4.69, 9.17) is 5.73 Å². The fraction of sp³-hybridized carbons (Fsp3) is 0.667. The first kappa shape index (κ1) is 11.8. The van der Waals surface area contributed by atoms with E-state index in [2.05, 4.69) is 14.6 Å². The number of rotatable bonds is 3. The topological polar surface area (TPSA) is 71.2 Å². The summed E-state index contributed by atoms with van der Waals surface area (Å²) in [6, 6.07) is 0.353. The van der Waals surface area contributed by atoms with Crippen LogP contribution in [-0.4, -0.2) is 29.4 Å². The van der Waals surface area contributed by atoms with Crippen LogP contribution in [0, 0.1) is 0 Å². The summed E-state index contributed by atoms with van der Waals surface area (Å²) in [4.78, 5) is 14.4. The van der Waals surface area contributed by atoms with Crippen LogP contribution in [0.15, 0.2) is 0 Å². The first-order chi connectivity index (χ1) is 8.75. The summed E-state index contributed by atoms with van der Waals surface area (Å²) in [5.74, 6) is 0.322. The number of hydrogen-bond donors (Lipinski definition) is 2. The number of nitrogens with zero attached hydrogens (tertiary/aromatic N) is 2. The van der Waals surface area contributed by atoms with Gasteiger partial charge in [-0.05, 0) is 43.6 Å². The maximum atomic E-state index is 12.2. The Morgan fingerprint density at radius 1 is 1.33 bits per heavy atom. The zero-order chi connectivity index (χ0) is 12.5. The lowest BCUT2D eigenvalue weighted by molar-refractivity contribution is 0.0952. The molecule has 0 aromatic carbocycles. The molecule has 0 radical (unpaired) electrons. The molecule has 5 nitrogen and oxygen atoms in total. The van der Waals surface area contributed by atoms with Gasteiger partial charge in [0.25, 0.3) is 5.91 Å². The molecule has 2 fully saturated rings. The van der Waals surface area contributed by atoms with Crippen LogP contribution in [0.3, 0.4) is 0 Å². The van der Waals surface area contributed by atoms with Gasteiger partial charge in [-0.2, -0.15) is 4.37 Å². The fourth-order valence-corrected chi connectivity index (χ4v) is 3.17. The van der Waals surface area contributed by atoms with Crippen molar-refractivity contribution in [3.05, 3.63) is 5.56 Å². The highest BCUT2D eigenvalue weighted by atomic mass is 32.1. The summed E-state index contributed by atoms with van der Waals surface area (Å²) < 4.78 is 4.16. The van der Waals surface area contributed by atoms with Gasteiger partial charge < -0.3 is 16.0 Å². The molecule has 0 bridgehead atoms. The molecule has 1 aliphatic heterocycles. The van der Waals surface area contributed by atoms with Crippen LogP contribution in [0.5, 0.6) is 0 Å². The van der Waals surface area contributed by atoms with E-state index in [1.165, 1.54) is 30.8 Å². The van der Waals surface area contributed by atoms with Crippen LogP contribution in [0.4, 0.5) is 10.8 Å². The lowest BCUT2D eigenvalue weighted by atomic mass is 10.1. The van der Waals surface area contributed by atoms with E-state index < -0.39 is 0 Å². The van der Waals surface area contributed by atoms with Gasteiger partial charge in [-0.1, -0.05) is 0 Å². The largest absolute Gasteiger partial charge is 0.382 e. The Hall–Kier alpha value is -1.30. The minimum absolute atomic E-state index is 0.0516. The van der Waals surface area contributed by atoms with Crippen molar-refractivity contribution >= 4 is 28.3 Å². The number of hydrogen-bond acceptors (Lipinski definition) is 5. The van der Waals surface area contributed by atoms with E-state index in [0.29, 0.717) is 17.4 Å². The molecule has 3 N–H and O–H groups in total. The molecule has 3 rings (SSSR count). The standard InChI is InChI=1S/C12H18N4OS/c13-10-9(11(17)14-8-4-5-8)12(18-15-10)16-6-2-1-3-7-16/h8H,1-7H2,(H2,13,15)(H,14,17). The van der Waals surface area contributed by atoms with E-state index in [1.54, 1.807) is 0 Å². The highest BCUT2D eigenvalue weighted by Crippen LogP contribution is 2.33. The number of nitrogen functional groups attached to an aromatic ring is 1. The minimum Gasteiger partial charge on any atom is -0.382 e. The molecule has 0 unspecified atom stereocenters. The van der Waals surface area contributed by atoms with Crippen molar-refractivity contribution < 1.29 is 4.79 Å². The highest BCUT2D eigenvalue weighted by Gasteiger charge is 2.29. The van der Waals surface area contributed by atoms with Gasteiger partial charge >= 0.3 is 0 Å². The van der Waals surface area contributed by atoms with Crippen molar-refractivity contribution in [3.63, 3.8) is 0 Å². The molecule has 1 aliphatic carbocycles. The van der Waals surface area contributed by atoms with Crippen LogP contribution in [0.2, 0.25) is 0 Å². The zero-order valence-electron chi connectivity index (χ0n) is 10.3. The normalized spacial score (nSPS) is 19.9. The molecule has 0 spiro atoms. The van der Waals surface area contributed by atoms with Crippen LogP contribution in [0.1, 0.15) is 42.5 Å². The molecular weight excluding hydrogens is 248 g/mol. The molecule has 1 aromatic heterocycles. The predicted octanol–water partition coefficient (Wildman–Crippen LogP) is 1.61. The quantitative estimate of drug-likeness (QED) is 0.872. The molecule has 6 heteroatoms. The first-order valence-electron chi connectivity index (χ1n) is 6.56. The number of nitrogens with two attached hydrogens (primary N) is 1. The van der Waals surface area contributed by atoms with Crippen molar-refractivity contribution in [3.8, 4) is 0 Å². The molecule has 98 valence electrons. The van der Waals surface area contributed by atoms with Crippen LogP contribution in [-0.2, 0) is 0 Å². The van der Waals surface area contributed by atoms with Gasteiger partial charge in [0.1, 0.15) is 10.6 Å². The summed E-state index contributed by atoms with van der Waals surface area (Å²) in [5, 5.41) is 3.95. The number of aromatic nitrogens is 1. The van der Waals surface area contributed by atoms with E-state index in [1.807, 2.05) is 0 Å². The van der Waals surface area contributed by atoms with Crippen molar-refractivity contribution in [1.82, 2.24) is 9.69 Å². The summed E-state index contributed by atoms with van der Waals surface area (Å²) in [6.07, 6.45) is 5.81. The van der Waals surface area contributed by atoms with Crippen LogP contribution in [0.25, 0.3) is 0 Å². The predicted molar refractivity (Wildman–Crippen MR) is 73.1 cm³/mol. The Morgan fingerprint density at radius 2 is 2.06 bits per heavy atom. The monoisotopic (exact) mass is 266 g/mol. The maximum absolute atomic E-state index is 12.2. The van der Waals surface area contributed by atoms with Crippen LogP contribution >= 0.6 is 11.5 Å². The molecular formula is C12H18N4OS. The van der Waals surface area contributed by atoms with Gasteiger partial charge in [-0.3, -0.25) is 4.79 Å². The van der Waals surface area contributed by atoms with Gasteiger partial charge in [0.2, 0.25) is 0 Å². The third-order valence-electron chi connectivity index (χ3n) is 3.48. The lowest BCUT2D eigenvalue weighted by Crippen LogP contribution is -2.32. The van der Waals surface area contributed by atoms with Gasteiger partial charge in [-0.25, -0.2) is 0 Å². The number of anilines is 2. The molecule has 1 saturated carbocycles. The average molecular weight is 266 g/mol. The summed E-state index contributed by atoms with van der Waals surface area (Å²) in [6.45, 7) is 2.01. The Bertz CT molecular complexity index is 449. The number of nitrogens with one attached hydrogen (secondary N) is 1. The Labute approximate surface area is 111 Å². The second-order valence-electron chi connectivity index (χ2n) is 5.04. The van der Waals surface area contributed by atoms with Crippen LogP contribution < -0.4 is 16.0 Å². The maximum Gasteiger partial charge on any atom is 0.258 e. The zero-order valence-corrected chi connectivity index (χ0v) is 11.1. The second kappa shape index (κ2) is 4.76. The van der Waals surface area contributed by atoms with E-state index >= 15 is 0 Å². The average Bonchev–Trinajstić information content (AvgIpc) is 3.10. The van der Waals surface area contributed by atoms with Gasteiger partial charge in [0, 0.05) is 19.1 Å². The SMILES string of the molecule is Nc1nsc(N2CCCCC2)c1C(=O)NC1CC1. The highest BCUT2D eigenvalue weighted by molar-refractivity contribution is 7.11. The summed E-state index contributed by atoms with van der Waals surface area (Å²) in [5.41, 5.74) is 6.45. The van der Waals surface area contributed by atoms with Crippen molar-refractivity contribution in [1.29, 1.82) is 0 Å². The molecule has 2 aliphatic rings. The Morgan fingerprint density at radius 3 is 2.72 bits per heavy atom. The van der Waals surface area contributed by atoms with E-state index in [-0.39, 0.29) is 5.91 Å².